The van der Waals surface area contributed by atoms with Crippen molar-refractivity contribution in [2.75, 3.05) is 0 Å². The molecule has 1 rings (SSSR count). The second-order valence-electron chi connectivity index (χ2n) is 2.94. The Bertz CT molecular complexity index is 413. The smallest absolute Gasteiger partial charge is 0.0701 e. The van der Waals surface area contributed by atoms with Crippen LogP contribution in [0.2, 0.25) is 0 Å². The van der Waals surface area contributed by atoms with Crippen LogP contribution in [-0.4, -0.2) is 4.98 Å². The van der Waals surface area contributed by atoms with Crippen molar-refractivity contribution in [1.29, 1.82) is 0 Å². The molecule has 0 N–H and O–H groups in total. The highest BCUT2D eigenvalue weighted by molar-refractivity contribution is 5.44. The van der Waals surface area contributed by atoms with Crippen molar-refractivity contribution in [1.82, 2.24) is 4.98 Å². The normalized spacial score (nSPS) is 15.2. The maximum Gasteiger partial charge on any atom is 0.0701 e. The fourth-order valence-corrected chi connectivity index (χ4v) is 1.09. The van der Waals surface area contributed by atoms with Gasteiger partial charge >= 0.3 is 0 Å². The third-order valence-corrected chi connectivity index (χ3v) is 2.00. The van der Waals surface area contributed by atoms with Crippen LogP contribution >= 0.6 is 0 Å². The second-order valence-corrected chi connectivity index (χ2v) is 2.94. The lowest BCUT2D eigenvalue weighted by Gasteiger charge is -1.90. The van der Waals surface area contributed by atoms with Gasteiger partial charge in [-0.3, -0.25) is 4.98 Å². The van der Waals surface area contributed by atoms with Crippen LogP contribution in [0.1, 0.15) is 20.8 Å². The molecule has 0 radical (unpaired) electrons. The van der Waals surface area contributed by atoms with Gasteiger partial charge in [0, 0.05) is 6.20 Å². The highest BCUT2D eigenvalue weighted by atomic mass is 14.6. The average Bonchev–Trinajstić information content (AvgIpc) is 2.18. The van der Waals surface area contributed by atoms with Crippen LogP contribution in [0.4, 0.5) is 0 Å². The first kappa shape index (κ1) is 9.72. The number of rotatable bonds is 1. The molecular weight excluding hydrogens is 158 g/mol. The summed E-state index contributed by atoms with van der Waals surface area (Å²) in [5.74, 6) is 0. The number of nitrogens with zero attached hydrogens (tertiary/aromatic N) is 1. The third-order valence-electron chi connectivity index (χ3n) is 2.00. The number of hydrogen-bond acceptors (Lipinski definition) is 1. The molecule has 0 bridgehead atoms. The summed E-state index contributed by atoms with van der Waals surface area (Å²) in [5, 5.41) is 2.23. The first-order valence-electron chi connectivity index (χ1n) is 4.50. The summed E-state index contributed by atoms with van der Waals surface area (Å²) < 4.78 is 0. The summed E-state index contributed by atoms with van der Waals surface area (Å²) in [6, 6.07) is 4.03. The first-order valence-corrected chi connectivity index (χ1v) is 4.50. The molecule has 0 aliphatic carbocycles. The zero-order valence-electron chi connectivity index (χ0n) is 8.41. The minimum Gasteiger partial charge on any atom is -0.256 e. The zero-order valence-corrected chi connectivity index (χ0v) is 8.41. The molecule has 68 valence electrons. The highest BCUT2D eigenvalue weighted by Gasteiger charge is 1.84. The summed E-state index contributed by atoms with van der Waals surface area (Å²) in [5.41, 5.74) is 1.24. The molecule has 1 nitrogen and oxygen atoms in total. The van der Waals surface area contributed by atoms with Crippen molar-refractivity contribution < 1.29 is 0 Å². The fraction of sp³-hybridized carbons (Fsp3) is 0.250. The van der Waals surface area contributed by atoms with Gasteiger partial charge in [-0.1, -0.05) is 23.8 Å². The molecule has 0 saturated carbocycles. The molecule has 1 heteroatoms. The molecule has 0 aromatic carbocycles. The SMILES string of the molecule is CC=C(C)C=c1ncccc1=CC. The Morgan fingerprint density at radius 1 is 1.38 bits per heavy atom. The molecule has 0 aliphatic heterocycles. The van der Waals surface area contributed by atoms with Crippen LogP contribution in [0.25, 0.3) is 12.2 Å². The van der Waals surface area contributed by atoms with Crippen molar-refractivity contribution in [3.05, 3.63) is 40.5 Å². The third kappa shape index (κ3) is 2.55. The summed E-state index contributed by atoms with van der Waals surface area (Å²) >= 11 is 0. The predicted octanol–water partition coefficient (Wildman–Crippen LogP) is 1.63. The molecule has 0 fully saturated rings. The minimum absolute atomic E-state index is 1.04. The van der Waals surface area contributed by atoms with Crippen LogP contribution in [0.3, 0.4) is 0 Å². The largest absolute Gasteiger partial charge is 0.256 e. The van der Waals surface area contributed by atoms with Crippen LogP contribution in [0.5, 0.6) is 0 Å². The molecule has 0 saturated heterocycles. The Morgan fingerprint density at radius 3 is 2.77 bits per heavy atom. The monoisotopic (exact) mass is 173 g/mol. The lowest BCUT2D eigenvalue weighted by atomic mass is 10.2. The number of hydrogen-bond donors (Lipinski definition) is 0. The predicted molar refractivity (Wildman–Crippen MR) is 57.5 cm³/mol. The van der Waals surface area contributed by atoms with Crippen LogP contribution < -0.4 is 10.6 Å². The van der Waals surface area contributed by atoms with Crippen molar-refractivity contribution in [2.24, 2.45) is 0 Å². The van der Waals surface area contributed by atoms with E-state index < -0.39 is 0 Å². The van der Waals surface area contributed by atoms with Crippen LogP contribution in [0, 0.1) is 0 Å². The quantitative estimate of drug-likeness (QED) is 0.629. The topological polar surface area (TPSA) is 12.9 Å². The van der Waals surface area contributed by atoms with Gasteiger partial charge in [-0.05, 0) is 38.1 Å². The van der Waals surface area contributed by atoms with Crippen LogP contribution in [0.15, 0.2) is 30.0 Å². The lowest BCUT2D eigenvalue weighted by Crippen LogP contribution is -2.26. The summed E-state index contributed by atoms with van der Waals surface area (Å²) in [6.45, 7) is 6.14. The van der Waals surface area contributed by atoms with E-state index in [4.69, 9.17) is 0 Å². The molecule has 13 heavy (non-hydrogen) atoms. The Kier molecular flexibility index (Phi) is 3.44. The van der Waals surface area contributed by atoms with E-state index in [-0.39, 0.29) is 0 Å². The van der Waals surface area contributed by atoms with Gasteiger partial charge in [0.25, 0.3) is 0 Å². The minimum atomic E-state index is 1.04. The Hall–Kier alpha value is -1.37. The zero-order chi connectivity index (χ0) is 9.68. The molecule has 1 heterocycles. The molecule has 0 unspecified atom stereocenters. The molecule has 0 amide bonds. The van der Waals surface area contributed by atoms with Gasteiger partial charge in [0.1, 0.15) is 0 Å². The van der Waals surface area contributed by atoms with Gasteiger partial charge in [0.15, 0.2) is 0 Å². The first-order chi connectivity index (χ1) is 6.27. The average molecular weight is 173 g/mol. The van der Waals surface area contributed by atoms with E-state index >= 15 is 0 Å². The van der Waals surface area contributed by atoms with Gasteiger partial charge in [-0.15, -0.1) is 0 Å². The van der Waals surface area contributed by atoms with Gasteiger partial charge in [-0.2, -0.15) is 0 Å². The Morgan fingerprint density at radius 2 is 2.15 bits per heavy atom. The number of allylic oxidation sites excluding steroid dienone is 2. The lowest BCUT2D eigenvalue weighted by molar-refractivity contribution is 1.21. The van der Waals surface area contributed by atoms with E-state index in [1.165, 1.54) is 10.8 Å². The summed E-state index contributed by atoms with van der Waals surface area (Å²) in [7, 11) is 0. The van der Waals surface area contributed by atoms with Gasteiger partial charge in [0.05, 0.1) is 5.35 Å². The summed E-state index contributed by atoms with van der Waals surface area (Å²) in [6.07, 6.45) is 8.06. The Balaban J connectivity index is 3.38. The van der Waals surface area contributed by atoms with Crippen LogP contribution in [-0.2, 0) is 0 Å². The molecule has 1 aromatic rings. The number of pyridine rings is 1. The molecule has 0 atom stereocenters. The fourth-order valence-electron chi connectivity index (χ4n) is 1.09. The molecular formula is C12H15N. The van der Waals surface area contributed by atoms with E-state index in [1.807, 2.05) is 26.1 Å². The van der Waals surface area contributed by atoms with Gasteiger partial charge < -0.3 is 0 Å². The number of aromatic nitrogens is 1. The van der Waals surface area contributed by atoms with Crippen molar-refractivity contribution in [3.63, 3.8) is 0 Å². The standard InChI is InChI=1S/C12H15N/c1-4-10(3)9-12-11(5-2)7-6-8-13-12/h4-9H,1-3H3. The van der Waals surface area contributed by atoms with Crippen molar-refractivity contribution in [2.45, 2.75) is 20.8 Å². The van der Waals surface area contributed by atoms with E-state index in [0.29, 0.717) is 0 Å². The second kappa shape index (κ2) is 4.61. The van der Waals surface area contributed by atoms with Gasteiger partial charge in [0.2, 0.25) is 0 Å². The van der Waals surface area contributed by atoms with E-state index in [9.17, 15) is 0 Å². The summed E-state index contributed by atoms with van der Waals surface area (Å²) in [4.78, 5) is 4.31. The van der Waals surface area contributed by atoms with E-state index in [1.54, 1.807) is 0 Å². The molecule has 0 aliphatic rings. The van der Waals surface area contributed by atoms with Gasteiger partial charge in [-0.25, -0.2) is 0 Å². The van der Waals surface area contributed by atoms with Crippen molar-refractivity contribution >= 4 is 12.2 Å². The van der Waals surface area contributed by atoms with E-state index in [0.717, 1.165) is 5.35 Å². The van der Waals surface area contributed by atoms with Crippen molar-refractivity contribution in [3.8, 4) is 0 Å². The Labute approximate surface area is 79.1 Å². The highest BCUT2D eigenvalue weighted by Crippen LogP contribution is 1.90. The molecule has 0 spiro atoms. The van der Waals surface area contributed by atoms with E-state index in [2.05, 4.69) is 36.2 Å². The maximum atomic E-state index is 4.31. The maximum absolute atomic E-state index is 4.31. The molecule has 1 aromatic heterocycles.